The van der Waals surface area contributed by atoms with Crippen LogP contribution in [-0.2, 0) is 0 Å². The topological polar surface area (TPSA) is 56.4 Å². The van der Waals surface area contributed by atoms with Crippen molar-refractivity contribution in [1.29, 1.82) is 0 Å². The lowest BCUT2D eigenvalue weighted by molar-refractivity contribution is 0.181. The highest BCUT2D eigenvalue weighted by atomic mass is 127. The summed E-state index contributed by atoms with van der Waals surface area (Å²) in [6, 6.07) is 1.12. The molecule has 0 aromatic heterocycles. The maximum atomic E-state index is 12.0. The van der Waals surface area contributed by atoms with Gasteiger partial charge in [-0.05, 0) is 25.7 Å². The van der Waals surface area contributed by atoms with Crippen LogP contribution in [0.1, 0.15) is 25.7 Å². The molecule has 6 heteroatoms. The summed E-state index contributed by atoms with van der Waals surface area (Å²) in [6.07, 6.45) is 4.52. The fourth-order valence-electron chi connectivity index (χ4n) is 2.48. The SMILES string of the molecule is O=C(N[C@H]1CC[C@H](NI)CC1)N1CCNCC1. The zero-order valence-electron chi connectivity index (χ0n) is 10.0. The molecule has 0 atom stereocenters. The number of carbonyl (C=O) groups excluding carboxylic acids is 1. The molecule has 2 aliphatic rings. The molecule has 1 saturated heterocycles. The molecular weight excluding hydrogens is 331 g/mol. The highest BCUT2D eigenvalue weighted by Gasteiger charge is 2.24. The predicted octanol–water partition coefficient (Wildman–Crippen LogP) is 0.852. The van der Waals surface area contributed by atoms with E-state index in [4.69, 9.17) is 0 Å². The summed E-state index contributed by atoms with van der Waals surface area (Å²) in [5.41, 5.74) is 0. The Morgan fingerprint density at radius 1 is 1.12 bits per heavy atom. The van der Waals surface area contributed by atoms with Gasteiger partial charge in [-0.1, -0.05) is 0 Å². The van der Waals surface area contributed by atoms with Crippen molar-refractivity contribution in [1.82, 2.24) is 19.1 Å². The maximum Gasteiger partial charge on any atom is 0.317 e. The Morgan fingerprint density at radius 3 is 2.29 bits per heavy atom. The molecule has 98 valence electrons. The standard InChI is InChI=1S/C11H21IN4O/c12-15-10-3-1-9(2-4-10)14-11(17)16-7-5-13-6-8-16/h9-10,13,15H,1-8H2,(H,14,17)/t9-,10-. The molecule has 2 fully saturated rings. The third-order valence-electron chi connectivity index (χ3n) is 3.61. The molecule has 1 aliphatic heterocycles. The van der Waals surface area contributed by atoms with Gasteiger partial charge in [0.1, 0.15) is 0 Å². The summed E-state index contributed by atoms with van der Waals surface area (Å²) in [5, 5.41) is 6.42. The number of carbonyl (C=O) groups is 1. The Morgan fingerprint density at radius 2 is 1.71 bits per heavy atom. The van der Waals surface area contributed by atoms with Gasteiger partial charge in [0.05, 0.1) is 0 Å². The van der Waals surface area contributed by atoms with E-state index in [1.807, 2.05) is 4.90 Å². The largest absolute Gasteiger partial charge is 0.335 e. The molecule has 2 rings (SSSR count). The first-order valence-electron chi connectivity index (χ1n) is 6.42. The zero-order chi connectivity index (χ0) is 12.1. The summed E-state index contributed by atoms with van der Waals surface area (Å²) >= 11 is 2.22. The van der Waals surface area contributed by atoms with Crippen LogP contribution >= 0.6 is 22.9 Å². The van der Waals surface area contributed by atoms with E-state index in [1.54, 1.807) is 0 Å². The van der Waals surface area contributed by atoms with Crippen LogP contribution in [0, 0.1) is 0 Å². The average molecular weight is 352 g/mol. The van der Waals surface area contributed by atoms with Gasteiger partial charge in [0.2, 0.25) is 0 Å². The van der Waals surface area contributed by atoms with E-state index in [-0.39, 0.29) is 6.03 Å². The number of urea groups is 1. The lowest BCUT2D eigenvalue weighted by atomic mass is 9.92. The van der Waals surface area contributed by atoms with Crippen LogP contribution in [-0.4, -0.2) is 49.2 Å². The van der Waals surface area contributed by atoms with E-state index in [9.17, 15) is 4.79 Å². The van der Waals surface area contributed by atoms with Crippen LogP contribution in [0.2, 0.25) is 0 Å². The number of hydrogen-bond donors (Lipinski definition) is 3. The van der Waals surface area contributed by atoms with Crippen LogP contribution < -0.4 is 14.2 Å². The Bertz CT molecular complexity index is 250. The van der Waals surface area contributed by atoms with Gasteiger partial charge in [-0.3, -0.25) is 3.53 Å². The number of amides is 2. The smallest absolute Gasteiger partial charge is 0.317 e. The van der Waals surface area contributed by atoms with E-state index in [1.165, 1.54) is 0 Å². The summed E-state index contributed by atoms with van der Waals surface area (Å²) in [4.78, 5) is 13.9. The molecule has 0 aromatic rings. The molecule has 3 N–H and O–H groups in total. The zero-order valence-corrected chi connectivity index (χ0v) is 12.2. The van der Waals surface area contributed by atoms with E-state index in [0.29, 0.717) is 12.1 Å². The Labute approximate surface area is 117 Å². The number of rotatable bonds is 2. The van der Waals surface area contributed by atoms with Crippen molar-refractivity contribution in [2.75, 3.05) is 26.2 Å². The van der Waals surface area contributed by atoms with Crippen molar-refractivity contribution in [3.8, 4) is 0 Å². The molecule has 1 heterocycles. The second-order valence-electron chi connectivity index (χ2n) is 4.84. The van der Waals surface area contributed by atoms with E-state index < -0.39 is 0 Å². The van der Waals surface area contributed by atoms with Crippen LogP contribution in [0.15, 0.2) is 0 Å². The molecule has 2 amide bonds. The van der Waals surface area contributed by atoms with Gasteiger partial charge in [-0.15, -0.1) is 0 Å². The fourth-order valence-corrected chi connectivity index (χ4v) is 3.10. The predicted molar refractivity (Wildman–Crippen MR) is 76.2 cm³/mol. The van der Waals surface area contributed by atoms with Crippen LogP contribution in [0.3, 0.4) is 0 Å². The number of halogens is 1. The summed E-state index contributed by atoms with van der Waals surface area (Å²) in [6.45, 7) is 3.49. The molecule has 1 saturated carbocycles. The number of nitrogens with one attached hydrogen (secondary N) is 3. The number of piperazine rings is 1. The van der Waals surface area contributed by atoms with E-state index >= 15 is 0 Å². The van der Waals surface area contributed by atoms with Crippen LogP contribution in [0.5, 0.6) is 0 Å². The molecule has 0 aromatic carbocycles. The monoisotopic (exact) mass is 352 g/mol. The highest BCUT2D eigenvalue weighted by Crippen LogP contribution is 2.19. The minimum atomic E-state index is 0.123. The van der Waals surface area contributed by atoms with Gasteiger partial charge >= 0.3 is 6.03 Å². The first kappa shape index (κ1) is 13.4. The summed E-state index contributed by atoms with van der Waals surface area (Å²) in [7, 11) is 0. The Hall–Kier alpha value is -0.0800. The van der Waals surface area contributed by atoms with Gasteiger partial charge in [-0.2, -0.15) is 0 Å². The molecular formula is C11H21IN4O. The molecule has 0 unspecified atom stereocenters. The summed E-state index contributed by atoms with van der Waals surface area (Å²) < 4.78 is 3.28. The van der Waals surface area contributed by atoms with Crippen molar-refractivity contribution < 1.29 is 4.79 Å². The van der Waals surface area contributed by atoms with Crippen molar-refractivity contribution in [2.24, 2.45) is 0 Å². The van der Waals surface area contributed by atoms with E-state index in [0.717, 1.165) is 51.9 Å². The van der Waals surface area contributed by atoms with Gasteiger partial charge < -0.3 is 15.5 Å². The first-order chi connectivity index (χ1) is 8.29. The third-order valence-corrected chi connectivity index (χ3v) is 4.49. The van der Waals surface area contributed by atoms with Crippen LogP contribution in [0.4, 0.5) is 4.79 Å². The Balaban J connectivity index is 1.71. The van der Waals surface area contributed by atoms with Crippen molar-refractivity contribution in [3.63, 3.8) is 0 Å². The van der Waals surface area contributed by atoms with Crippen molar-refractivity contribution >= 4 is 28.9 Å². The Kier molecular flexibility index (Phi) is 5.30. The number of nitrogens with zero attached hydrogens (tertiary/aromatic N) is 1. The molecule has 1 aliphatic carbocycles. The number of hydrogen-bond acceptors (Lipinski definition) is 3. The second-order valence-corrected chi connectivity index (χ2v) is 5.47. The quantitative estimate of drug-likeness (QED) is 0.510. The molecule has 0 spiro atoms. The van der Waals surface area contributed by atoms with E-state index in [2.05, 4.69) is 37.0 Å². The van der Waals surface area contributed by atoms with Crippen molar-refractivity contribution in [2.45, 2.75) is 37.8 Å². The lowest BCUT2D eigenvalue weighted by Gasteiger charge is -2.32. The second kappa shape index (κ2) is 6.75. The normalized spacial score (nSPS) is 30.1. The highest BCUT2D eigenvalue weighted by molar-refractivity contribution is 14.1. The fraction of sp³-hybridized carbons (Fsp3) is 0.909. The average Bonchev–Trinajstić information content (AvgIpc) is 2.40. The third kappa shape index (κ3) is 3.96. The maximum absolute atomic E-state index is 12.0. The van der Waals surface area contributed by atoms with Gasteiger partial charge in [0.15, 0.2) is 0 Å². The molecule has 17 heavy (non-hydrogen) atoms. The van der Waals surface area contributed by atoms with Crippen LogP contribution in [0.25, 0.3) is 0 Å². The van der Waals surface area contributed by atoms with Crippen molar-refractivity contribution in [3.05, 3.63) is 0 Å². The minimum absolute atomic E-state index is 0.123. The minimum Gasteiger partial charge on any atom is -0.335 e. The molecule has 0 radical (unpaired) electrons. The molecule has 0 bridgehead atoms. The molecule has 5 nitrogen and oxygen atoms in total. The van der Waals surface area contributed by atoms with Gasteiger partial charge in [-0.25, -0.2) is 4.79 Å². The summed E-state index contributed by atoms with van der Waals surface area (Å²) in [5.74, 6) is 0. The van der Waals surface area contributed by atoms with Gasteiger partial charge in [0.25, 0.3) is 0 Å². The first-order valence-corrected chi connectivity index (χ1v) is 7.50. The van der Waals surface area contributed by atoms with Gasteiger partial charge in [0, 0.05) is 61.1 Å². The lowest BCUT2D eigenvalue weighted by Crippen LogP contribution is -2.53.